The minimum atomic E-state index is -0.128. The summed E-state index contributed by atoms with van der Waals surface area (Å²) in [6, 6.07) is 4.12. The molecule has 1 heterocycles. The van der Waals surface area contributed by atoms with Crippen LogP contribution in [0.5, 0.6) is 0 Å². The first kappa shape index (κ1) is 13.9. The van der Waals surface area contributed by atoms with E-state index in [9.17, 15) is 4.79 Å². The lowest BCUT2D eigenvalue weighted by Crippen LogP contribution is -2.41. The first-order chi connectivity index (χ1) is 8.34. The van der Waals surface area contributed by atoms with Gasteiger partial charge in [0.1, 0.15) is 0 Å². The molecule has 18 heavy (non-hydrogen) atoms. The number of rotatable bonds is 2. The van der Waals surface area contributed by atoms with Crippen molar-refractivity contribution in [2.75, 3.05) is 5.75 Å². The smallest absolute Gasteiger partial charge is 0.256 e. The van der Waals surface area contributed by atoms with E-state index in [0.717, 1.165) is 26.2 Å². The van der Waals surface area contributed by atoms with Crippen LogP contribution in [-0.2, 0) is 6.54 Å². The topological polar surface area (TPSA) is 20.3 Å². The van der Waals surface area contributed by atoms with Crippen molar-refractivity contribution in [2.24, 2.45) is 0 Å². The Hall–Kier alpha value is -0.480. The number of benzene rings is 1. The molecule has 0 fully saturated rings. The quantitative estimate of drug-likeness (QED) is 0.754. The van der Waals surface area contributed by atoms with Crippen molar-refractivity contribution in [3.63, 3.8) is 0 Å². The van der Waals surface area contributed by atoms with E-state index in [4.69, 9.17) is 0 Å². The summed E-state index contributed by atoms with van der Waals surface area (Å²) in [7, 11) is 0. The second-order valence-corrected chi connectivity index (χ2v) is 7.65. The van der Waals surface area contributed by atoms with Crippen molar-refractivity contribution in [2.45, 2.75) is 44.7 Å². The van der Waals surface area contributed by atoms with Crippen LogP contribution in [0, 0.1) is 0 Å². The molecule has 0 unspecified atom stereocenters. The fraction of sp³-hybridized carbons (Fsp3) is 0.500. The van der Waals surface area contributed by atoms with Crippen LogP contribution < -0.4 is 0 Å². The Labute approximate surface area is 121 Å². The second-order valence-electron chi connectivity index (χ2n) is 5.43. The van der Waals surface area contributed by atoms with E-state index < -0.39 is 0 Å². The number of carbonyl (C=O) groups is 1. The molecular formula is C14H18BrNOS. The van der Waals surface area contributed by atoms with Gasteiger partial charge in [0, 0.05) is 21.5 Å². The molecule has 1 aliphatic heterocycles. The molecule has 0 spiro atoms. The number of hydrogen-bond donors (Lipinski definition) is 0. The van der Waals surface area contributed by atoms with Crippen LogP contribution in [0.4, 0.5) is 0 Å². The maximum absolute atomic E-state index is 12.5. The molecule has 98 valence electrons. The van der Waals surface area contributed by atoms with Gasteiger partial charge >= 0.3 is 0 Å². The van der Waals surface area contributed by atoms with Gasteiger partial charge in [-0.25, -0.2) is 0 Å². The van der Waals surface area contributed by atoms with Gasteiger partial charge in [-0.15, -0.1) is 11.8 Å². The zero-order chi connectivity index (χ0) is 13.5. The molecule has 0 N–H and O–H groups in total. The second kappa shape index (κ2) is 4.89. The van der Waals surface area contributed by atoms with Crippen molar-refractivity contribution >= 4 is 33.6 Å². The van der Waals surface area contributed by atoms with Crippen molar-refractivity contribution in [1.29, 1.82) is 0 Å². The lowest BCUT2D eigenvalue weighted by molar-refractivity contribution is 0.0607. The van der Waals surface area contributed by atoms with Crippen LogP contribution in [0.1, 0.15) is 43.6 Å². The van der Waals surface area contributed by atoms with E-state index in [1.54, 1.807) is 11.8 Å². The third kappa shape index (κ3) is 2.45. The summed E-state index contributed by atoms with van der Waals surface area (Å²) in [6.45, 7) is 9.07. The van der Waals surface area contributed by atoms with E-state index in [1.165, 1.54) is 0 Å². The minimum absolute atomic E-state index is 0.128. The number of halogens is 1. The highest BCUT2D eigenvalue weighted by Crippen LogP contribution is 2.37. The number of thioether (sulfide) groups is 1. The Balaban J connectivity index is 2.48. The lowest BCUT2D eigenvalue weighted by atomic mass is 10.1. The Morgan fingerprint density at radius 3 is 2.61 bits per heavy atom. The van der Waals surface area contributed by atoms with Crippen LogP contribution in [0.15, 0.2) is 21.5 Å². The van der Waals surface area contributed by atoms with Crippen molar-refractivity contribution in [3.05, 3.63) is 27.7 Å². The molecule has 1 aromatic carbocycles. The molecule has 0 bridgehead atoms. The average molecular weight is 328 g/mol. The summed E-state index contributed by atoms with van der Waals surface area (Å²) in [5.41, 5.74) is 1.91. The molecule has 0 atom stereocenters. The molecule has 2 rings (SSSR count). The fourth-order valence-corrected chi connectivity index (χ4v) is 3.73. The first-order valence-corrected chi connectivity index (χ1v) is 7.89. The maximum atomic E-state index is 12.5. The van der Waals surface area contributed by atoms with Gasteiger partial charge in [-0.1, -0.05) is 22.9 Å². The van der Waals surface area contributed by atoms with Gasteiger partial charge in [0.05, 0.1) is 5.56 Å². The average Bonchev–Trinajstić information content (AvgIpc) is 2.55. The van der Waals surface area contributed by atoms with Gasteiger partial charge in [-0.05, 0) is 44.2 Å². The highest BCUT2D eigenvalue weighted by Gasteiger charge is 2.36. The van der Waals surface area contributed by atoms with Crippen LogP contribution in [0.3, 0.4) is 0 Å². The van der Waals surface area contributed by atoms with Crippen molar-refractivity contribution < 1.29 is 4.79 Å². The first-order valence-electron chi connectivity index (χ1n) is 6.11. The van der Waals surface area contributed by atoms with Gasteiger partial charge < -0.3 is 4.90 Å². The summed E-state index contributed by atoms with van der Waals surface area (Å²) in [5.74, 6) is 1.15. The number of amides is 1. The molecule has 2 nitrogen and oxygen atoms in total. The molecule has 0 aromatic heterocycles. The standard InChI is InChI=1S/C14H18BrNOS/c1-5-18-11-7-10(15)6-9-8-16(14(2,3)4)13(17)12(9)11/h6-7H,5,8H2,1-4H3. The molecule has 1 aliphatic rings. The number of fused-ring (bicyclic) bond motifs is 1. The molecule has 1 amide bonds. The maximum Gasteiger partial charge on any atom is 0.256 e. The highest BCUT2D eigenvalue weighted by molar-refractivity contribution is 9.10. The van der Waals surface area contributed by atoms with E-state index in [-0.39, 0.29) is 11.4 Å². The van der Waals surface area contributed by atoms with Crippen LogP contribution in [0.25, 0.3) is 0 Å². The van der Waals surface area contributed by atoms with E-state index in [1.807, 2.05) is 4.90 Å². The van der Waals surface area contributed by atoms with Gasteiger partial charge in [-0.2, -0.15) is 0 Å². The van der Waals surface area contributed by atoms with E-state index in [0.29, 0.717) is 6.54 Å². The molecule has 0 saturated heterocycles. The Kier molecular flexibility index (Phi) is 3.79. The summed E-state index contributed by atoms with van der Waals surface area (Å²) in [5, 5.41) is 0. The highest BCUT2D eigenvalue weighted by atomic mass is 79.9. The molecule has 0 aliphatic carbocycles. The van der Waals surface area contributed by atoms with Gasteiger partial charge in [0.15, 0.2) is 0 Å². The number of carbonyl (C=O) groups excluding carboxylic acids is 1. The summed E-state index contributed by atoms with van der Waals surface area (Å²) >= 11 is 5.27. The monoisotopic (exact) mass is 327 g/mol. The number of hydrogen-bond acceptors (Lipinski definition) is 2. The van der Waals surface area contributed by atoms with Gasteiger partial charge in [0.2, 0.25) is 0 Å². The van der Waals surface area contributed by atoms with Crippen LogP contribution >= 0.6 is 27.7 Å². The minimum Gasteiger partial charge on any atom is -0.329 e. The predicted molar refractivity (Wildman–Crippen MR) is 80.2 cm³/mol. The Morgan fingerprint density at radius 2 is 2.06 bits per heavy atom. The zero-order valence-electron chi connectivity index (χ0n) is 11.2. The van der Waals surface area contributed by atoms with Crippen molar-refractivity contribution in [1.82, 2.24) is 4.90 Å². The van der Waals surface area contributed by atoms with Crippen molar-refractivity contribution in [3.8, 4) is 0 Å². The van der Waals surface area contributed by atoms with Crippen LogP contribution in [-0.4, -0.2) is 22.1 Å². The Morgan fingerprint density at radius 1 is 1.39 bits per heavy atom. The summed E-state index contributed by atoms with van der Waals surface area (Å²) < 4.78 is 1.06. The fourth-order valence-electron chi connectivity index (χ4n) is 2.19. The largest absolute Gasteiger partial charge is 0.329 e. The number of nitrogens with zero attached hydrogens (tertiary/aromatic N) is 1. The van der Waals surface area contributed by atoms with Gasteiger partial charge in [-0.3, -0.25) is 4.79 Å². The molecular weight excluding hydrogens is 310 g/mol. The van der Waals surface area contributed by atoms with E-state index >= 15 is 0 Å². The lowest BCUT2D eigenvalue weighted by Gasteiger charge is -2.31. The predicted octanol–water partition coefficient (Wildman–Crippen LogP) is 4.32. The summed E-state index contributed by atoms with van der Waals surface area (Å²) in [6.07, 6.45) is 0. The normalized spacial score (nSPS) is 15.2. The Bertz CT molecular complexity index is 493. The molecule has 4 heteroatoms. The molecule has 0 saturated carbocycles. The van der Waals surface area contributed by atoms with Gasteiger partial charge in [0.25, 0.3) is 5.91 Å². The molecule has 1 aromatic rings. The van der Waals surface area contributed by atoms with E-state index in [2.05, 4.69) is 55.8 Å². The third-order valence-electron chi connectivity index (χ3n) is 3.05. The SMILES string of the molecule is CCSc1cc(Br)cc2c1C(=O)N(C(C)(C)C)C2. The summed E-state index contributed by atoms with van der Waals surface area (Å²) in [4.78, 5) is 15.6. The zero-order valence-corrected chi connectivity index (χ0v) is 13.6. The third-order valence-corrected chi connectivity index (χ3v) is 4.43. The molecule has 0 radical (unpaired) electrons. The van der Waals surface area contributed by atoms with Crippen LogP contribution in [0.2, 0.25) is 0 Å².